The first kappa shape index (κ1) is 22.1. The number of aliphatic imine (C=N–C) groups is 1. The summed E-state index contributed by atoms with van der Waals surface area (Å²) >= 11 is 1.49. The molecule has 7 heteroatoms. The molecule has 1 aromatic heterocycles. The van der Waals surface area contributed by atoms with Crippen molar-refractivity contribution >= 4 is 34.9 Å². The average Bonchev–Trinajstić information content (AvgIpc) is 3.03. The number of amides is 1. The van der Waals surface area contributed by atoms with E-state index in [-0.39, 0.29) is 63.3 Å². The summed E-state index contributed by atoms with van der Waals surface area (Å²) in [7, 11) is 1.96. The van der Waals surface area contributed by atoms with Gasteiger partial charge in [0.1, 0.15) is 7.05 Å². The number of rotatable bonds is 6. The first-order valence-corrected chi connectivity index (χ1v) is 9.13. The summed E-state index contributed by atoms with van der Waals surface area (Å²) in [6.45, 7) is 5.96. The Morgan fingerprint density at radius 2 is 2.15 bits per heavy atom. The van der Waals surface area contributed by atoms with E-state index >= 15 is 0 Å². The predicted molar refractivity (Wildman–Crippen MR) is 107 cm³/mol. The molecule has 1 aliphatic rings. The van der Waals surface area contributed by atoms with Crippen molar-refractivity contribution in [3.05, 3.63) is 70.7 Å². The van der Waals surface area contributed by atoms with E-state index in [0.29, 0.717) is 4.88 Å². The van der Waals surface area contributed by atoms with Crippen LogP contribution in [0.25, 0.3) is 0 Å². The van der Waals surface area contributed by atoms with E-state index in [9.17, 15) is 4.79 Å². The number of hydrogen-bond acceptors (Lipinski definition) is 4. The summed E-state index contributed by atoms with van der Waals surface area (Å²) in [5, 5.41) is 6.11. The summed E-state index contributed by atoms with van der Waals surface area (Å²) in [6, 6.07) is 11.6. The fourth-order valence-electron chi connectivity index (χ4n) is 2.46. The summed E-state index contributed by atoms with van der Waals surface area (Å²) in [5.41, 5.74) is 2.75. The van der Waals surface area contributed by atoms with Crippen molar-refractivity contribution in [3.8, 4) is 0 Å². The minimum atomic E-state index is -0.0823. The van der Waals surface area contributed by atoms with Crippen LogP contribution in [0.4, 0.5) is 5.69 Å². The van der Waals surface area contributed by atoms with E-state index in [1.807, 2.05) is 74.6 Å². The van der Waals surface area contributed by atoms with Gasteiger partial charge in [-0.15, -0.1) is 17.5 Å². The maximum absolute atomic E-state index is 12.3. The number of thiophene rings is 1. The normalized spacial score (nSPS) is 15.4. The minimum absolute atomic E-state index is 0. The molecule has 1 amide bonds. The number of nitrogens with zero attached hydrogens (tertiary/aromatic N) is 2. The van der Waals surface area contributed by atoms with Crippen LogP contribution in [0.3, 0.4) is 0 Å². The van der Waals surface area contributed by atoms with Crippen molar-refractivity contribution in [2.75, 3.05) is 12.4 Å². The van der Waals surface area contributed by atoms with Crippen molar-refractivity contribution in [2.45, 2.75) is 19.9 Å². The number of benzene rings is 1. The number of aryl methyl sites for hydroxylation is 1. The largest absolute Gasteiger partial charge is 1.00 e. The molecule has 1 unspecified atom stereocenters. The van der Waals surface area contributed by atoms with Gasteiger partial charge >= 0.3 is 51.4 Å². The first-order valence-electron chi connectivity index (χ1n) is 8.31. The maximum atomic E-state index is 12.3. The topological polar surface area (TPSA) is 56.5 Å². The molecule has 2 aromatic rings. The van der Waals surface area contributed by atoms with Crippen LogP contribution in [0.1, 0.15) is 33.1 Å². The van der Waals surface area contributed by atoms with E-state index in [4.69, 9.17) is 0 Å². The standard InChI is InChI=1S/C20H21N4OS.K/c1-14-7-8-19(26-14)20(25)23-17-6-4-5-16(11-17)15(2)21-9-10-22-18-12-24(3)13-18;/h4-8,10-13,15,21H,1-3H3,(H,23,25);/q-1;+1. The third-order valence-corrected chi connectivity index (χ3v) is 4.86. The van der Waals surface area contributed by atoms with Gasteiger partial charge in [-0.1, -0.05) is 12.1 Å². The molecule has 1 aliphatic heterocycles. The van der Waals surface area contributed by atoms with Crippen LogP contribution in [0.2, 0.25) is 0 Å². The van der Waals surface area contributed by atoms with Gasteiger partial charge in [0.25, 0.3) is 5.91 Å². The average molecular weight is 405 g/mol. The molecule has 1 atom stereocenters. The maximum Gasteiger partial charge on any atom is 1.00 e. The molecular weight excluding hydrogens is 383 g/mol. The molecule has 0 radical (unpaired) electrons. The Bertz CT molecular complexity index is 901. The van der Waals surface area contributed by atoms with Crippen molar-refractivity contribution in [3.63, 3.8) is 0 Å². The fraction of sp³-hybridized carbons (Fsp3) is 0.200. The van der Waals surface area contributed by atoms with Gasteiger partial charge in [0.2, 0.25) is 0 Å². The Labute approximate surface area is 206 Å². The Hall–Kier alpha value is -1.22. The van der Waals surface area contributed by atoms with Crippen LogP contribution < -0.4 is 62.0 Å². The van der Waals surface area contributed by atoms with Gasteiger partial charge in [0, 0.05) is 16.6 Å². The number of carbonyl (C=O) groups excluding carboxylic acids is 1. The molecule has 0 aliphatic carbocycles. The smallest absolute Gasteiger partial charge is 0.560 e. The van der Waals surface area contributed by atoms with E-state index < -0.39 is 0 Å². The molecule has 2 N–H and O–H groups in total. The Morgan fingerprint density at radius 3 is 2.81 bits per heavy atom. The van der Waals surface area contributed by atoms with Crippen molar-refractivity contribution in [1.82, 2.24) is 5.32 Å². The van der Waals surface area contributed by atoms with Crippen LogP contribution in [0.15, 0.2) is 47.6 Å². The Balaban J connectivity index is 0.00000261. The molecule has 2 heterocycles. The first-order chi connectivity index (χ1) is 12.5. The minimum Gasteiger partial charge on any atom is -0.560 e. The zero-order valence-corrected chi connectivity index (χ0v) is 19.9. The van der Waals surface area contributed by atoms with Crippen LogP contribution >= 0.6 is 11.3 Å². The van der Waals surface area contributed by atoms with Gasteiger partial charge < -0.3 is 26.4 Å². The number of anilines is 1. The van der Waals surface area contributed by atoms with E-state index in [0.717, 1.165) is 21.8 Å². The molecule has 3 rings (SSSR count). The molecule has 0 spiro atoms. The van der Waals surface area contributed by atoms with Gasteiger partial charge in [-0.05, 0) is 43.7 Å². The van der Waals surface area contributed by atoms with Crippen molar-refractivity contribution < 1.29 is 60.8 Å². The van der Waals surface area contributed by atoms with Crippen LogP contribution in [0, 0.1) is 19.7 Å². The zero-order valence-electron chi connectivity index (χ0n) is 16.0. The van der Waals surface area contributed by atoms with Crippen LogP contribution in [-0.2, 0) is 0 Å². The van der Waals surface area contributed by atoms with Gasteiger partial charge in [-0.2, -0.15) is 0 Å². The van der Waals surface area contributed by atoms with Crippen LogP contribution in [-0.4, -0.2) is 29.5 Å². The van der Waals surface area contributed by atoms with E-state index in [1.54, 1.807) is 6.20 Å². The summed E-state index contributed by atoms with van der Waals surface area (Å²) in [4.78, 5) is 18.4. The van der Waals surface area contributed by atoms with E-state index in [2.05, 4.69) is 21.8 Å². The molecule has 27 heavy (non-hydrogen) atoms. The van der Waals surface area contributed by atoms with Crippen molar-refractivity contribution in [1.29, 1.82) is 0 Å². The van der Waals surface area contributed by atoms with Gasteiger partial charge in [-0.25, -0.2) is 0 Å². The molecule has 0 saturated heterocycles. The molecule has 1 aromatic carbocycles. The molecule has 5 nitrogen and oxygen atoms in total. The second kappa shape index (κ2) is 10.4. The third-order valence-electron chi connectivity index (χ3n) is 3.86. The Kier molecular flexibility index (Phi) is 8.46. The molecular formula is C20H21KN4OS. The quantitative estimate of drug-likeness (QED) is 0.320. The second-order valence-electron chi connectivity index (χ2n) is 6.11. The number of carbonyl (C=O) groups is 1. The number of nitrogens with one attached hydrogen (secondary N) is 2. The summed E-state index contributed by atoms with van der Waals surface area (Å²) in [6.07, 6.45) is 6.53. The SMILES string of the molecule is Cc1ccc(C(=O)Nc2cccc(C(C)N[C-]=CN=C3C=[N+](C)[CH-]3)c2)s1.[K+]. The monoisotopic (exact) mass is 404 g/mol. The predicted octanol–water partition coefficient (Wildman–Crippen LogP) is 0.567. The van der Waals surface area contributed by atoms with Crippen molar-refractivity contribution in [2.24, 2.45) is 4.99 Å². The number of hydrogen-bond donors (Lipinski definition) is 2. The fourth-order valence-corrected chi connectivity index (χ4v) is 3.22. The molecule has 0 bridgehead atoms. The second-order valence-corrected chi connectivity index (χ2v) is 7.39. The van der Waals surface area contributed by atoms with Gasteiger partial charge in [0.15, 0.2) is 0 Å². The van der Waals surface area contributed by atoms with Gasteiger partial charge in [0.05, 0.1) is 23.3 Å². The summed E-state index contributed by atoms with van der Waals surface area (Å²) in [5.74, 6) is -0.0823. The zero-order chi connectivity index (χ0) is 18.5. The third kappa shape index (κ3) is 6.41. The van der Waals surface area contributed by atoms with Crippen LogP contribution in [0.5, 0.6) is 0 Å². The molecule has 134 valence electrons. The Morgan fingerprint density at radius 1 is 1.37 bits per heavy atom. The van der Waals surface area contributed by atoms with E-state index in [1.165, 1.54) is 11.3 Å². The molecule has 0 fully saturated rings. The molecule has 0 saturated carbocycles. The summed E-state index contributed by atoms with van der Waals surface area (Å²) < 4.78 is 1.94. The van der Waals surface area contributed by atoms with Gasteiger partial charge in [-0.3, -0.25) is 4.79 Å².